The van der Waals surface area contributed by atoms with Crippen molar-refractivity contribution >= 4 is 6.29 Å². The zero-order chi connectivity index (χ0) is 6.41. The molecule has 8 heavy (non-hydrogen) atoms. The molecule has 0 aromatic heterocycles. The molecule has 1 radical (unpaired) electrons. The van der Waals surface area contributed by atoms with E-state index >= 15 is 0 Å². The standard InChI is InChI=1S/C6H12NO/c1-3-4-7-6(2)5-8/h5-7H,1,3-4H2,2H3. The van der Waals surface area contributed by atoms with Crippen LogP contribution in [0.5, 0.6) is 0 Å². The van der Waals surface area contributed by atoms with Crippen molar-refractivity contribution in [2.45, 2.75) is 19.4 Å². The summed E-state index contributed by atoms with van der Waals surface area (Å²) >= 11 is 0. The predicted octanol–water partition coefficient (Wildman–Crippen LogP) is 0.388. The molecule has 1 atom stereocenters. The average Bonchev–Trinajstić information content (AvgIpc) is 1.83. The number of hydrogen-bond acceptors (Lipinski definition) is 2. The SMILES string of the molecule is [CH2]CCNC(C)C=O. The van der Waals surface area contributed by atoms with Gasteiger partial charge in [0.15, 0.2) is 0 Å². The van der Waals surface area contributed by atoms with Crippen LogP contribution in [0.15, 0.2) is 0 Å². The van der Waals surface area contributed by atoms with Crippen LogP contribution in [0.1, 0.15) is 13.3 Å². The number of carbonyl (C=O) groups is 1. The third-order valence-corrected chi connectivity index (χ3v) is 0.847. The highest BCUT2D eigenvalue weighted by Crippen LogP contribution is 1.74. The van der Waals surface area contributed by atoms with Crippen LogP contribution in [0, 0.1) is 6.92 Å². The molecule has 2 nitrogen and oxygen atoms in total. The van der Waals surface area contributed by atoms with Gasteiger partial charge in [0, 0.05) is 0 Å². The summed E-state index contributed by atoms with van der Waals surface area (Å²) in [5.74, 6) is 0. The molecule has 0 spiro atoms. The van der Waals surface area contributed by atoms with Crippen molar-refractivity contribution in [2.75, 3.05) is 6.54 Å². The first kappa shape index (κ1) is 7.63. The molecule has 0 aromatic rings. The Morgan fingerprint density at radius 3 is 2.88 bits per heavy atom. The fraction of sp³-hybridized carbons (Fsp3) is 0.667. The lowest BCUT2D eigenvalue weighted by molar-refractivity contribution is -0.109. The highest BCUT2D eigenvalue weighted by molar-refractivity contribution is 5.56. The van der Waals surface area contributed by atoms with Crippen LogP contribution >= 0.6 is 0 Å². The minimum Gasteiger partial charge on any atom is -0.308 e. The van der Waals surface area contributed by atoms with E-state index in [4.69, 9.17) is 0 Å². The molecule has 0 saturated carbocycles. The van der Waals surface area contributed by atoms with Gasteiger partial charge >= 0.3 is 0 Å². The van der Waals surface area contributed by atoms with Crippen molar-refractivity contribution in [2.24, 2.45) is 0 Å². The summed E-state index contributed by atoms with van der Waals surface area (Å²) in [5, 5.41) is 2.95. The summed E-state index contributed by atoms with van der Waals surface area (Å²) in [6, 6.07) is -0.0169. The van der Waals surface area contributed by atoms with E-state index < -0.39 is 0 Å². The topological polar surface area (TPSA) is 29.1 Å². The van der Waals surface area contributed by atoms with Crippen LogP contribution in [0.2, 0.25) is 0 Å². The van der Waals surface area contributed by atoms with Crippen molar-refractivity contribution in [3.05, 3.63) is 6.92 Å². The van der Waals surface area contributed by atoms with E-state index in [0.29, 0.717) is 0 Å². The predicted molar refractivity (Wildman–Crippen MR) is 33.5 cm³/mol. The normalized spacial score (nSPS) is 13.2. The van der Waals surface area contributed by atoms with E-state index in [9.17, 15) is 4.79 Å². The molecule has 47 valence electrons. The lowest BCUT2D eigenvalue weighted by atomic mass is 10.3. The van der Waals surface area contributed by atoms with Gasteiger partial charge < -0.3 is 10.1 Å². The van der Waals surface area contributed by atoms with Crippen molar-refractivity contribution in [3.8, 4) is 0 Å². The molecule has 0 bridgehead atoms. The van der Waals surface area contributed by atoms with Gasteiger partial charge in [-0.2, -0.15) is 0 Å². The average molecular weight is 114 g/mol. The monoisotopic (exact) mass is 114 g/mol. The van der Waals surface area contributed by atoms with E-state index in [0.717, 1.165) is 19.3 Å². The molecule has 1 unspecified atom stereocenters. The minimum atomic E-state index is -0.0169. The fourth-order valence-corrected chi connectivity index (χ4v) is 0.378. The molecule has 0 heterocycles. The number of hydrogen-bond donors (Lipinski definition) is 1. The molecule has 0 aromatic carbocycles. The lowest BCUT2D eigenvalue weighted by Gasteiger charge is -2.02. The Labute approximate surface area is 50.3 Å². The molecule has 0 fully saturated rings. The first-order valence-electron chi connectivity index (χ1n) is 2.79. The van der Waals surface area contributed by atoms with E-state index in [1.165, 1.54) is 0 Å². The van der Waals surface area contributed by atoms with Gasteiger partial charge in [-0.3, -0.25) is 0 Å². The molecule has 0 amide bonds. The van der Waals surface area contributed by atoms with Crippen molar-refractivity contribution in [1.29, 1.82) is 0 Å². The maximum Gasteiger partial charge on any atom is 0.136 e. The van der Waals surface area contributed by atoms with Gasteiger partial charge in [0.05, 0.1) is 6.04 Å². The van der Waals surface area contributed by atoms with Gasteiger partial charge in [-0.25, -0.2) is 0 Å². The highest BCUT2D eigenvalue weighted by atomic mass is 16.1. The van der Waals surface area contributed by atoms with Crippen LogP contribution in [-0.4, -0.2) is 18.9 Å². The first-order valence-corrected chi connectivity index (χ1v) is 2.79. The van der Waals surface area contributed by atoms with Gasteiger partial charge in [-0.05, 0) is 19.9 Å². The largest absolute Gasteiger partial charge is 0.308 e. The van der Waals surface area contributed by atoms with E-state index in [1.54, 1.807) is 0 Å². The summed E-state index contributed by atoms with van der Waals surface area (Å²) in [5.41, 5.74) is 0. The quantitative estimate of drug-likeness (QED) is 0.535. The van der Waals surface area contributed by atoms with Crippen molar-refractivity contribution < 1.29 is 4.79 Å². The summed E-state index contributed by atoms with van der Waals surface area (Å²) in [7, 11) is 0. The van der Waals surface area contributed by atoms with Crippen LogP contribution in [-0.2, 0) is 4.79 Å². The molecular formula is C6H12NO. The van der Waals surface area contributed by atoms with Crippen molar-refractivity contribution in [1.82, 2.24) is 5.32 Å². The molecule has 0 saturated heterocycles. The maximum absolute atomic E-state index is 9.93. The van der Waals surface area contributed by atoms with Crippen LogP contribution in [0.25, 0.3) is 0 Å². The minimum absolute atomic E-state index is 0.0169. The second kappa shape index (κ2) is 4.78. The van der Waals surface area contributed by atoms with Gasteiger partial charge in [-0.15, -0.1) is 0 Å². The zero-order valence-corrected chi connectivity index (χ0v) is 5.18. The fourth-order valence-electron chi connectivity index (χ4n) is 0.378. The number of nitrogens with one attached hydrogen (secondary N) is 1. The lowest BCUT2D eigenvalue weighted by Crippen LogP contribution is -2.27. The highest BCUT2D eigenvalue weighted by Gasteiger charge is 1.92. The zero-order valence-electron chi connectivity index (χ0n) is 5.18. The summed E-state index contributed by atoms with van der Waals surface area (Å²) in [6.07, 6.45) is 1.72. The van der Waals surface area contributed by atoms with E-state index in [1.807, 2.05) is 6.92 Å². The Morgan fingerprint density at radius 1 is 1.88 bits per heavy atom. The number of carbonyl (C=O) groups excluding carboxylic acids is 1. The molecule has 0 rings (SSSR count). The summed E-state index contributed by atoms with van der Waals surface area (Å²) in [6.45, 7) is 6.25. The Hall–Kier alpha value is -0.370. The Morgan fingerprint density at radius 2 is 2.50 bits per heavy atom. The Kier molecular flexibility index (Phi) is 4.56. The van der Waals surface area contributed by atoms with Gasteiger partial charge in [-0.1, -0.05) is 6.92 Å². The Balaban J connectivity index is 2.98. The summed E-state index contributed by atoms with van der Waals surface area (Å²) < 4.78 is 0. The maximum atomic E-state index is 9.93. The summed E-state index contributed by atoms with van der Waals surface area (Å²) in [4.78, 5) is 9.93. The first-order chi connectivity index (χ1) is 3.81. The second-order valence-electron chi connectivity index (χ2n) is 1.73. The van der Waals surface area contributed by atoms with Gasteiger partial charge in [0.25, 0.3) is 0 Å². The molecular weight excluding hydrogens is 102 g/mol. The van der Waals surface area contributed by atoms with Crippen LogP contribution in [0.4, 0.5) is 0 Å². The van der Waals surface area contributed by atoms with E-state index in [-0.39, 0.29) is 6.04 Å². The van der Waals surface area contributed by atoms with Crippen LogP contribution in [0.3, 0.4) is 0 Å². The van der Waals surface area contributed by atoms with E-state index in [2.05, 4.69) is 12.2 Å². The van der Waals surface area contributed by atoms with Gasteiger partial charge in [0.1, 0.15) is 6.29 Å². The van der Waals surface area contributed by atoms with Crippen molar-refractivity contribution in [3.63, 3.8) is 0 Å². The molecule has 1 N–H and O–H groups in total. The number of rotatable bonds is 4. The van der Waals surface area contributed by atoms with Gasteiger partial charge in [0.2, 0.25) is 0 Å². The third kappa shape index (κ3) is 3.81. The van der Waals surface area contributed by atoms with Crippen LogP contribution < -0.4 is 5.32 Å². The molecule has 0 aliphatic heterocycles. The smallest absolute Gasteiger partial charge is 0.136 e. The molecule has 2 heteroatoms. The number of aldehydes is 1. The second-order valence-corrected chi connectivity index (χ2v) is 1.73. The Bertz CT molecular complexity index is 63.5. The molecule has 0 aliphatic rings. The third-order valence-electron chi connectivity index (χ3n) is 0.847. The molecule has 0 aliphatic carbocycles.